The Hall–Kier alpha value is -2.40. The number of allylic oxidation sites excluding steroid dienone is 2. The van der Waals surface area contributed by atoms with Crippen LogP contribution in [0.25, 0.3) is 11.1 Å². The van der Waals surface area contributed by atoms with Crippen molar-refractivity contribution in [2.24, 2.45) is 0 Å². The number of aryl methyl sites for hydroxylation is 1. The van der Waals surface area contributed by atoms with E-state index in [0.717, 1.165) is 37.8 Å². The fourth-order valence-electron chi connectivity index (χ4n) is 5.07. The second-order valence-corrected chi connectivity index (χ2v) is 9.70. The number of hydrogen-bond donors (Lipinski definition) is 0. The molecule has 2 nitrogen and oxygen atoms in total. The van der Waals surface area contributed by atoms with Crippen molar-refractivity contribution in [2.75, 3.05) is 0 Å². The predicted octanol–water partition coefficient (Wildman–Crippen LogP) is 8.28. The van der Waals surface area contributed by atoms with E-state index >= 15 is 0 Å². The maximum absolute atomic E-state index is 10.4. The summed E-state index contributed by atoms with van der Waals surface area (Å²) in [6.45, 7) is 8.77. The van der Waals surface area contributed by atoms with Crippen LogP contribution in [0.2, 0.25) is 0 Å². The lowest BCUT2D eigenvalue weighted by Gasteiger charge is -2.24. The van der Waals surface area contributed by atoms with Crippen molar-refractivity contribution in [3.05, 3.63) is 64.5 Å². The molecular formula is C30H40N2. The molecule has 170 valence electrons. The van der Waals surface area contributed by atoms with E-state index in [1.54, 1.807) is 0 Å². The Bertz CT molecular complexity index is 961. The normalized spacial score (nSPS) is 17.1. The summed E-state index contributed by atoms with van der Waals surface area (Å²) in [4.78, 5) is 5.34. The molecule has 1 aliphatic carbocycles. The van der Waals surface area contributed by atoms with Crippen LogP contribution in [0.15, 0.2) is 42.0 Å². The minimum absolute atomic E-state index is 0.489. The Balaban J connectivity index is 2.21. The molecule has 3 rings (SSSR count). The Kier molecular flexibility index (Phi) is 8.68. The molecule has 0 fully saturated rings. The maximum atomic E-state index is 10.4. The molecule has 1 atom stereocenters. The predicted molar refractivity (Wildman–Crippen MR) is 136 cm³/mol. The van der Waals surface area contributed by atoms with Crippen molar-refractivity contribution in [3.8, 4) is 17.2 Å². The van der Waals surface area contributed by atoms with Gasteiger partial charge < -0.3 is 0 Å². The van der Waals surface area contributed by atoms with Crippen LogP contribution < -0.4 is 0 Å². The summed E-state index contributed by atoms with van der Waals surface area (Å²) in [6, 6.07) is 13.6. The van der Waals surface area contributed by atoms with Gasteiger partial charge in [-0.2, -0.15) is 5.26 Å². The van der Waals surface area contributed by atoms with Crippen LogP contribution >= 0.6 is 0 Å². The monoisotopic (exact) mass is 428 g/mol. The van der Waals surface area contributed by atoms with Gasteiger partial charge in [0.2, 0.25) is 0 Å². The van der Waals surface area contributed by atoms with Crippen LogP contribution in [0.5, 0.6) is 0 Å². The largest absolute Gasteiger partial charge is 0.256 e. The molecule has 0 bridgehead atoms. The summed E-state index contributed by atoms with van der Waals surface area (Å²) in [6.07, 6.45) is 14.2. The standard InChI is InChI=1S/C30H40N2/c1-5-7-10-16-25-27(17-11-8-6-2)32-29-26(28(25)24-14-12-9-13-15-24)19-21-30(29,22-31)20-18-23(3)4/h9,12-15,18H,5-8,10-11,16-17,19-21H2,1-4H3. The molecule has 1 unspecified atom stereocenters. The second-order valence-electron chi connectivity index (χ2n) is 9.70. The van der Waals surface area contributed by atoms with Gasteiger partial charge >= 0.3 is 0 Å². The van der Waals surface area contributed by atoms with Gasteiger partial charge in [-0.25, -0.2) is 0 Å². The van der Waals surface area contributed by atoms with Gasteiger partial charge in [-0.1, -0.05) is 81.5 Å². The van der Waals surface area contributed by atoms with E-state index in [0.29, 0.717) is 0 Å². The van der Waals surface area contributed by atoms with Gasteiger partial charge in [0.05, 0.1) is 11.8 Å². The van der Waals surface area contributed by atoms with Crippen molar-refractivity contribution in [1.82, 2.24) is 4.98 Å². The van der Waals surface area contributed by atoms with Gasteiger partial charge in [-0.15, -0.1) is 0 Å². The highest BCUT2D eigenvalue weighted by molar-refractivity contribution is 5.74. The van der Waals surface area contributed by atoms with Gasteiger partial charge in [0.25, 0.3) is 0 Å². The second kappa shape index (κ2) is 11.5. The van der Waals surface area contributed by atoms with Crippen LogP contribution in [0.4, 0.5) is 0 Å². The minimum atomic E-state index is -0.489. The average molecular weight is 429 g/mol. The molecule has 2 heteroatoms. The first-order valence-electron chi connectivity index (χ1n) is 12.7. The van der Waals surface area contributed by atoms with E-state index in [1.807, 2.05) is 0 Å². The van der Waals surface area contributed by atoms with Crippen molar-refractivity contribution in [3.63, 3.8) is 0 Å². The average Bonchev–Trinajstić information content (AvgIpc) is 3.17. The molecule has 0 spiro atoms. The van der Waals surface area contributed by atoms with Crippen LogP contribution in [-0.2, 0) is 24.7 Å². The highest BCUT2D eigenvalue weighted by Gasteiger charge is 2.42. The lowest BCUT2D eigenvalue weighted by atomic mass is 9.81. The number of hydrogen-bond acceptors (Lipinski definition) is 2. The number of benzene rings is 1. The molecule has 0 saturated carbocycles. The van der Waals surface area contributed by atoms with Crippen LogP contribution in [0.3, 0.4) is 0 Å². The third-order valence-corrected chi connectivity index (χ3v) is 6.92. The number of pyridine rings is 1. The maximum Gasteiger partial charge on any atom is 0.103 e. The van der Waals surface area contributed by atoms with E-state index < -0.39 is 5.41 Å². The zero-order valence-electron chi connectivity index (χ0n) is 20.6. The van der Waals surface area contributed by atoms with Crippen molar-refractivity contribution >= 4 is 0 Å². The summed E-state index contributed by atoms with van der Waals surface area (Å²) >= 11 is 0. The number of unbranched alkanes of at least 4 members (excludes halogenated alkanes) is 4. The van der Waals surface area contributed by atoms with Crippen LogP contribution in [0, 0.1) is 11.3 Å². The van der Waals surface area contributed by atoms with E-state index in [-0.39, 0.29) is 0 Å². The number of fused-ring (bicyclic) bond motifs is 1. The van der Waals surface area contributed by atoms with Crippen molar-refractivity contribution < 1.29 is 0 Å². The third kappa shape index (κ3) is 5.32. The van der Waals surface area contributed by atoms with E-state index in [4.69, 9.17) is 4.98 Å². The topological polar surface area (TPSA) is 36.7 Å². The quantitative estimate of drug-likeness (QED) is 0.267. The Labute approximate surface area is 195 Å². The first-order chi connectivity index (χ1) is 15.6. The van der Waals surface area contributed by atoms with Crippen LogP contribution in [-0.4, -0.2) is 4.98 Å². The zero-order valence-corrected chi connectivity index (χ0v) is 20.6. The lowest BCUT2D eigenvalue weighted by Crippen LogP contribution is -2.22. The van der Waals surface area contributed by atoms with E-state index in [9.17, 15) is 5.26 Å². The Morgan fingerprint density at radius 1 is 1.03 bits per heavy atom. The first kappa shape index (κ1) is 24.2. The summed E-state index contributed by atoms with van der Waals surface area (Å²) in [7, 11) is 0. The molecule has 1 aromatic heterocycles. The van der Waals surface area contributed by atoms with Crippen molar-refractivity contribution in [2.45, 2.75) is 104 Å². The highest BCUT2D eigenvalue weighted by Crippen LogP contribution is 2.46. The smallest absolute Gasteiger partial charge is 0.103 e. The minimum Gasteiger partial charge on any atom is -0.256 e. The van der Waals surface area contributed by atoms with Gasteiger partial charge in [-0.3, -0.25) is 4.98 Å². The third-order valence-electron chi connectivity index (χ3n) is 6.92. The molecule has 0 radical (unpaired) electrons. The molecule has 2 aromatic rings. The summed E-state index contributed by atoms with van der Waals surface area (Å²) in [5.74, 6) is 0. The number of aromatic nitrogens is 1. The Morgan fingerprint density at radius 3 is 2.34 bits per heavy atom. The number of rotatable bonds is 11. The van der Waals surface area contributed by atoms with E-state index in [1.165, 1.54) is 72.0 Å². The summed E-state index contributed by atoms with van der Waals surface area (Å²) in [5, 5.41) is 10.4. The number of nitriles is 1. The summed E-state index contributed by atoms with van der Waals surface area (Å²) < 4.78 is 0. The molecule has 0 aliphatic heterocycles. The fourth-order valence-corrected chi connectivity index (χ4v) is 5.07. The molecule has 1 heterocycles. The summed E-state index contributed by atoms with van der Waals surface area (Å²) in [5.41, 5.74) is 8.60. The molecule has 0 amide bonds. The van der Waals surface area contributed by atoms with Gasteiger partial charge in [-0.05, 0) is 81.0 Å². The molecular weight excluding hydrogens is 388 g/mol. The Morgan fingerprint density at radius 2 is 1.72 bits per heavy atom. The first-order valence-corrected chi connectivity index (χ1v) is 12.7. The van der Waals surface area contributed by atoms with Gasteiger partial charge in [0.1, 0.15) is 5.41 Å². The van der Waals surface area contributed by atoms with E-state index in [2.05, 4.69) is 70.2 Å². The fraction of sp³-hybridized carbons (Fsp3) is 0.533. The van der Waals surface area contributed by atoms with Crippen LogP contribution in [0.1, 0.15) is 102 Å². The van der Waals surface area contributed by atoms with Crippen molar-refractivity contribution in [1.29, 1.82) is 5.26 Å². The molecule has 1 aliphatic rings. The molecule has 32 heavy (non-hydrogen) atoms. The molecule has 0 N–H and O–H groups in total. The molecule has 1 aromatic carbocycles. The van der Waals surface area contributed by atoms with Gasteiger partial charge in [0, 0.05) is 5.69 Å². The molecule has 0 saturated heterocycles. The number of nitrogens with zero attached hydrogens (tertiary/aromatic N) is 2. The van der Waals surface area contributed by atoms with Gasteiger partial charge in [0.15, 0.2) is 0 Å². The SMILES string of the molecule is CCCCCc1nc2c(c(-c3ccccc3)c1CCCCC)CCC2(C#N)CC=C(C)C. The highest BCUT2D eigenvalue weighted by atomic mass is 14.8. The lowest BCUT2D eigenvalue weighted by molar-refractivity contribution is 0.535. The zero-order chi connectivity index (χ0) is 23.0.